The molecular formula is C16H24BrNO2. The molecule has 2 unspecified atom stereocenters. The Hall–Kier alpha value is -0.420. The van der Waals surface area contributed by atoms with Gasteiger partial charge in [-0.25, -0.2) is 0 Å². The Kier molecular flexibility index (Phi) is 6.49. The molecule has 1 N–H and O–H groups in total. The Morgan fingerprint density at radius 2 is 2.35 bits per heavy atom. The molecule has 0 spiro atoms. The van der Waals surface area contributed by atoms with Gasteiger partial charge in [-0.2, -0.15) is 0 Å². The third-order valence-corrected chi connectivity index (χ3v) is 4.45. The van der Waals surface area contributed by atoms with Gasteiger partial charge in [0.2, 0.25) is 0 Å². The number of hydrogen-bond donors (Lipinski definition) is 1. The molecule has 0 aliphatic carbocycles. The number of piperidine rings is 1. The molecule has 1 saturated heterocycles. The molecule has 0 amide bonds. The lowest BCUT2D eigenvalue weighted by molar-refractivity contribution is 0.0779. The van der Waals surface area contributed by atoms with Crippen molar-refractivity contribution in [2.75, 3.05) is 33.4 Å². The maximum atomic E-state index is 10.3. The van der Waals surface area contributed by atoms with Gasteiger partial charge in [0.15, 0.2) is 0 Å². The number of ether oxygens (including phenoxy) is 1. The van der Waals surface area contributed by atoms with Crippen LogP contribution in [0, 0.1) is 5.92 Å². The molecule has 1 aromatic carbocycles. The normalized spacial score (nSPS) is 21.9. The van der Waals surface area contributed by atoms with Crippen LogP contribution in [0.1, 0.15) is 30.9 Å². The second-order valence-electron chi connectivity index (χ2n) is 5.62. The lowest BCUT2D eigenvalue weighted by Gasteiger charge is -2.32. The second kappa shape index (κ2) is 8.13. The Balaban J connectivity index is 1.79. The molecule has 0 radical (unpaired) electrons. The van der Waals surface area contributed by atoms with E-state index in [0.29, 0.717) is 5.92 Å². The van der Waals surface area contributed by atoms with Crippen LogP contribution in [0.15, 0.2) is 28.7 Å². The quantitative estimate of drug-likeness (QED) is 0.862. The van der Waals surface area contributed by atoms with E-state index in [9.17, 15) is 5.11 Å². The first-order valence-corrected chi connectivity index (χ1v) is 8.13. The molecule has 1 heterocycles. The Morgan fingerprint density at radius 3 is 3.10 bits per heavy atom. The number of rotatable bonds is 6. The van der Waals surface area contributed by atoms with Crippen molar-refractivity contribution in [3.05, 3.63) is 34.3 Å². The maximum Gasteiger partial charge on any atom is 0.0802 e. The SMILES string of the molecule is COCC1CCCN(CCC(O)c2cccc(Br)c2)C1. The monoisotopic (exact) mass is 341 g/mol. The molecule has 20 heavy (non-hydrogen) atoms. The van der Waals surface area contributed by atoms with E-state index < -0.39 is 0 Å². The summed E-state index contributed by atoms with van der Waals surface area (Å²) in [6.45, 7) is 4.04. The van der Waals surface area contributed by atoms with E-state index in [0.717, 1.165) is 42.7 Å². The molecule has 4 heteroatoms. The van der Waals surface area contributed by atoms with E-state index in [1.54, 1.807) is 7.11 Å². The first kappa shape index (κ1) is 16.0. The van der Waals surface area contributed by atoms with Gasteiger partial charge in [-0.1, -0.05) is 28.1 Å². The van der Waals surface area contributed by atoms with Gasteiger partial charge in [-0.15, -0.1) is 0 Å². The van der Waals surface area contributed by atoms with Gasteiger partial charge in [0.25, 0.3) is 0 Å². The van der Waals surface area contributed by atoms with Gasteiger partial charge in [-0.05, 0) is 49.4 Å². The van der Waals surface area contributed by atoms with E-state index in [1.807, 2.05) is 24.3 Å². The van der Waals surface area contributed by atoms with Crippen molar-refractivity contribution in [1.82, 2.24) is 4.90 Å². The van der Waals surface area contributed by atoms with E-state index in [4.69, 9.17) is 4.74 Å². The van der Waals surface area contributed by atoms with Gasteiger partial charge in [0.05, 0.1) is 12.7 Å². The standard InChI is InChI=1S/C16H24BrNO2/c1-20-12-13-4-3-8-18(11-13)9-7-16(19)14-5-2-6-15(17)10-14/h2,5-6,10,13,16,19H,3-4,7-9,11-12H2,1H3. The number of likely N-dealkylation sites (tertiary alicyclic amines) is 1. The number of benzene rings is 1. The fourth-order valence-corrected chi connectivity index (χ4v) is 3.33. The Labute approximate surface area is 130 Å². The Bertz CT molecular complexity index is 411. The summed E-state index contributed by atoms with van der Waals surface area (Å²) in [5, 5.41) is 10.3. The van der Waals surface area contributed by atoms with E-state index in [1.165, 1.54) is 12.8 Å². The van der Waals surface area contributed by atoms with Gasteiger partial charge >= 0.3 is 0 Å². The minimum atomic E-state index is -0.379. The molecular weight excluding hydrogens is 318 g/mol. The van der Waals surface area contributed by atoms with Crippen molar-refractivity contribution in [3.8, 4) is 0 Å². The molecule has 0 aromatic heterocycles. The summed E-state index contributed by atoms with van der Waals surface area (Å²) < 4.78 is 6.28. The molecule has 0 bridgehead atoms. The van der Waals surface area contributed by atoms with Gasteiger partial charge in [0.1, 0.15) is 0 Å². The van der Waals surface area contributed by atoms with Crippen LogP contribution in [0.25, 0.3) is 0 Å². The highest BCUT2D eigenvalue weighted by molar-refractivity contribution is 9.10. The molecule has 1 aliphatic heterocycles. The summed E-state index contributed by atoms with van der Waals surface area (Å²) in [5.41, 5.74) is 0.991. The molecule has 2 atom stereocenters. The van der Waals surface area contributed by atoms with Crippen molar-refractivity contribution < 1.29 is 9.84 Å². The first-order valence-electron chi connectivity index (χ1n) is 7.34. The largest absolute Gasteiger partial charge is 0.388 e. The lowest BCUT2D eigenvalue weighted by atomic mass is 9.98. The lowest BCUT2D eigenvalue weighted by Crippen LogP contribution is -2.38. The van der Waals surface area contributed by atoms with E-state index in [-0.39, 0.29) is 6.10 Å². The number of hydrogen-bond acceptors (Lipinski definition) is 3. The molecule has 2 rings (SSSR count). The number of aliphatic hydroxyl groups is 1. The van der Waals surface area contributed by atoms with Crippen LogP contribution >= 0.6 is 15.9 Å². The molecule has 0 saturated carbocycles. The van der Waals surface area contributed by atoms with Crippen LogP contribution < -0.4 is 0 Å². The molecule has 1 aliphatic rings. The number of methoxy groups -OCH3 is 1. The fourth-order valence-electron chi connectivity index (χ4n) is 2.91. The maximum absolute atomic E-state index is 10.3. The van der Waals surface area contributed by atoms with Crippen LogP contribution in [-0.2, 0) is 4.74 Å². The summed E-state index contributed by atoms with van der Waals surface area (Å²) >= 11 is 3.45. The third-order valence-electron chi connectivity index (χ3n) is 3.96. The van der Waals surface area contributed by atoms with E-state index in [2.05, 4.69) is 20.8 Å². The van der Waals surface area contributed by atoms with Crippen LogP contribution in [0.4, 0.5) is 0 Å². The smallest absolute Gasteiger partial charge is 0.0802 e. The minimum absolute atomic E-state index is 0.379. The fraction of sp³-hybridized carbons (Fsp3) is 0.625. The van der Waals surface area contributed by atoms with Crippen LogP contribution in [0.3, 0.4) is 0 Å². The zero-order valence-electron chi connectivity index (χ0n) is 12.1. The Morgan fingerprint density at radius 1 is 1.50 bits per heavy atom. The predicted molar refractivity (Wildman–Crippen MR) is 84.8 cm³/mol. The van der Waals surface area contributed by atoms with Crippen molar-refractivity contribution in [2.45, 2.75) is 25.4 Å². The molecule has 112 valence electrons. The summed E-state index contributed by atoms with van der Waals surface area (Å²) in [6, 6.07) is 7.93. The van der Waals surface area contributed by atoms with Crippen LogP contribution in [0.2, 0.25) is 0 Å². The van der Waals surface area contributed by atoms with Crippen molar-refractivity contribution in [1.29, 1.82) is 0 Å². The topological polar surface area (TPSA) is 32.7 Å². The van der Waals surface area contributed by atoms with Gasteiger partial charge in [0, 0.05) is 24.7 Å². The molecule has 1 aromatic rings. The van der Waals surface area contributed by atoms with Crippen molar-refractivity contribution in [2.24, 2.45) is 5.92 Å². The predicted octanol–water partition coefficient (Wildman–Crippen LogP) is 3.23. The highest BCUT2D eigenvalue weighted by atomic mass is 79.9. The van der Waals surface area contributed by atoms with Crippen LogP contribution in [0.5, 0.6) is 0 Å². The summed E-state index contributed by atoms with van der Waals surface area (Å²) in [5.74, 6) is 0.650. The number of halogens is 1. The van der Waals surface area contributed by atoms with E-state index >= 15 is 0 Å². The highest BCUT2D eigenvalue weighted by Gasteiger charge is 2.20. The average Bonchev–Trinajstić information content (AvgIpc) is 2.45. The van der Waals surface area contributed by atoms with Crippen LogP contribution in [-0.4, -0.2) is 43.4 Å². The first-order chi connectivity index (χ1) is 9.69. The molecule has 1 fully saturated rings. The van der Waals surface area contributed by atoms with Gasteiger partial charge in [-0.3, -0.25) is 0 Å². The zero-order chi connectivity index (χ0) is 14.4. The highest BCUT2D eigenvalue weighted by Crippen LogP contribution is 2.22. The van der Waals surface area contributed by atoms with Crippen molar-refractivity contribution in [3.63, 3.8) is 0 Å². The third kappa shape index (κ3) is 4.85. The molecule has 3 nitrogen and oxygen atoms in total. The van der Waals surface area contributed by atoms with Gasteiger partial charge < -0.3 is 14.7 Å². The summed E-state index contributed by atoms with van der Waals surface area (Å²) in [4.78, 5) is 2.45. The minimum Gasteiger partial charge on any atom is -0.388 e. The average molecular weight is 342 g/mol. The zero-order valence-corrected chi connectivity index (χ0v) is 13.7. The number of nitrogens with zero attached hydrogens (tertiary/aromatic N) is 1. The van der Waals surface area contributed by atoms with Crippen molar-refractivity contribution >= 4 is 15.9 Å². The number of aliphatic hydroxyl groups excluding tert-OH is 1. The second-order valence-corrected chi connectivity index (χ2v) is 6.54. The summed E-state index contributed by atoms with van der Waals surface area (Å²) in [7, 11) is 1.77. The summed E-state index contributed by atoms with van der Waals surface area (Å²) in [6.07, 6.45) is 2.91.